The van der Waals surface area contributed by atoms with Gasteiger partial charge in [0.1, 0.15) is 0 Å². The minimum absolute atomic E-state index is 0.0502. The number of fused-ring (bicyclic) bond motifs is 1. The molecule has 0 saturated heterocycles. The highest BCUT2D eigenvalue weighted by Crippen LogP contribution is 2.42. The molecule has 0 spiro atoms. The van der Waals surface area contributed by atoms with Crippen LogP contribution in [0.2, 0.25) is 5.02 Å². The lowest BCUT2D eigenvalue weighted by Crippen LogP contribution is -2.45. The van der Waals surface area contributed by atoms with Crippen molar-refractivity contribution in [1.82, 2.24) is 5.32 Å². The fourth-order valence-corrected chi connectivity index (χ4v) is 5.79. The monoisotopic (exact) mass is 503 g/mol. The summed E-state index contributed by atoms with van der Waals surface area (Å²) in [6.07, 6.45) is 12.6. The number of esters is 1. The Kier molecular flexibility index (Phi) is 10.4. The van der Waals surface area contributed by atoms with E-state index in [4.69, 9.17) is 21.1 Å². The van der Waals surface area contributed by atoms with Gasteiger partial charge in [-0.15, -0.1) is 0 Å². The van der Waals surface area contributed by atoms with Gasteiger partial charge in [-0.05, 0) is 88.3 Å². The number of nitrogens with one attached hydrogen (secondary N) is 1. The Labute approximate surface area is 215 Å². The number of benzene rings is 1. The molecule has 0 heterocycles. The molecule has 2 aliphatic rings. The predicted molar refractivity (Wildman–Crippen MR) is 141 cm³/mol. The highest BCUT2D eigenvalue weighted by Gasteiger charge is 2.35. The largest absolute Gasteiger partial charge is 0.466 e. The average Bonchev–Trinajstić information content (AvgIpc) is 3.22. The molecule has 2 N–H and O–H groups in total. The van der Waals surface area contributed by atoms with E-state index in [1.807, 2.05) is 25.1 Å². The minimum atomic E-state index is -0.615. The molecule has 0 bridgehead atoms. The van der Waals surface area contributed by atoms with Crippen LogP contribution in [0.25, 0.3) is 0 Å². The molecule has 0 amide bonds. The Morgan fingerprint density at radius 2 is 1.91 bits per heavy atom. The van der Waals surface area contributed by atoms with Gasteiger partial charge in [0.15, 0.2) is 0 Å². The second-order valence-electron chi connectivity index (χ2n) is 10.6. The normalized spacial score (nSPS) is 23.2. The maximum absolute atomic E-state index is 11.8. The molecule has 0 radical (unpaired) electrons. The number of ether oxygens (including phenoxy) is 2. The van der Waals surface area contributed by atoms with Gasteiger partial charge in [0.05, 0.1) is 25.4 Å². The van der Waals surface area contributed by atoms with Gasteiger partial charge in [-0.25, -0.2) is 0 Å². The molecule has 1 fully saturated rings. The summed E-state index contributed by atoms with van der Waals surface area (Å²) in [5, 5.41) is 14.8. The lowest BCUT2D eigenvalue weighted by atomic mass is 9.88. The minimum Gasteiger partial charge on any atom is -0.466 e. The number of carbonyl (C=O) groups is 1. The van der Waals surface area contributed by atoms with Crippen molar-refractivity contribution in [1.29, 1.82) is 0 Å². The third-order valence-corrected chi connectivity index (χ3v) is 7.57. The molecule has 6 heteroatoms. The van der Waals surface area contributed by atoms with Crippen molar-refractivity contribution in [2.45, 2.75) is 77.5 Å². The number of hydrogen-bond donors (Lipinski definition) is 2. The van der Waals surface area contributed by atoms with Gasteiger partial charge >= 0.3 is 5.97 Å². The second-order valence-corrected chi connectivity index (χ2v) is 11.1. The van der Waals surface area contributed by atoms with E-state index in [-0.39, 0.29) is 30.6 Å². The molecule has 1 saturated carbocycles. The van der Waals surface area contributed by atoms with Crippen LogP contribution in [0.3, 0.4) is 0 Å². The molecule has 2 aliphatic carbocycles. The molecule has 35 heavy (non-hydrogen) atoms. The van der Waals surface area contributed by atoms with E-state index in [1.54, 1.807) is 6.92 Å². The van der Waals surface area contributed by atoms with Crippen molar-refractivity contribution in [3.63, 3.8) is 0 Å². The maximum atomic E-state index is 11.8. The molecule has 3 rings (SSSR count). The lowest BCUT2D eigenvalue weighted by molar-refractivity contribution is -0.143. The highest BCUT2D eigenvalue weighted by atomic mass is 35.5. The Morgan fingerprint density at radius 3 is 2.57 bits per heavy atom. The number of allylic oxidation sites excluding steroid dienone is 4. The fourth-order valence-electron chi connectivity index (χ4n) is 5.51. The van der Waals surface area contributed by atoms with Crippen molar-refractivity contribution < 1.29 is 19.4 Å². The predicted octanol–water partition coefficient (Wildman–Crippen LogP) is 5.80. The van der Waals surface area contributed by atoms with Crippen LogP contribution in [-0.4, -0.2) is 42.5 Å². The third kappa shape index (κ3) is 8.45. The second kappa shape index (κ2) is 13.0. The fraction of sp³-hybridized carbons (Fsp3) is 0.621. The summed E-state index contributed by atoms with van der Waals surface area (Å²) in [5.74, 6) is 1.84. The van der Waals surface area contributed by atoms with Crippen molar-refractivity contribution in [3.05, 3.63) is 58.7 Å². The zero-order valence-corrected chi connectivity index (χ0v) is 22.4. The first-order valence-corrected chi connectivity index (χ1v) is 13.4. The molecule has 4 atom stereocenters. The molecular formula is C29H42ClNO4. The van der Waals surface area contributed by atoms with Gasteiger partial charge in [-0.1, -0.05) is 48.0 Å². The summed E-state index contributed by atoms with van der Waals surface area (Å²) in [6, 6.07) is 5.68. The number of aliphatic hydroxyl groups is 1. The topological polar surface area (TPSA) is 67.8 Å². The molecule has 0 aliphatic heterocycles. The van der Waals surface area contributed by atoms with Crippen molar-refractivity contribution >= 4 is 17.6 Å². The third-order valence-electron chi connectivity index (χ3n) is 7.22. The van der Waals surface area contributed by atoms with Crippen LogP contribution in [0.5, 0.6) is 0 Å². The smallest absolute Gasteiger partial charge is 0.306 e. The number of carbonyl (C=O) groups excluding carboxylic acids is 1. The molecule has 0 aromatic heterocycles. The number of hydrogen-bond acceptors (Lipinski definition) is 5. The Balaban J connectivity index is 1.45. The molecular weight excluding hydrogens is 462 g/mol. The van der Waals surface area contributed by atoms with Crippen molar-refractivity contribution in [2.24, 2.45) is 17.8 Å². The van der Waals surface area contributed by atoms with Gasteiger partial charge in [-0.3, -0.25) is 4.79 Å². The highest BCUT2D eigenvalue weighted by molar-refractivity contribution is 6.31. The van der Waals surface area contributed by atoms with E-state index in [0.29, 0.717) is 42.3 Å². The van der Waals surface area contributed by atoms with Crippen LogP contribution in [0.15, 0.2) is 42.5 Å². The molecule has 1 aromatic carbocycles. The average molecular weight is 504 g/mol. The van der Waals surface area contributed by atoms with Crippen LogP contribution < -0.4 is 5.32 Å². The van der Waals surface area contributed by atoms with E-state index in [0.717, 1.165) is 17.5 Å². The standard InChI is InChI=1S/C29H42ClNO4/c1-5-34-28(33)14-13-26-25(11-8-12-27(26)30)20(2)35-19-24(32)18-31-29(3,4)17-21-15-22-9-6-7-10-23(22)16-21/h6-12,20-24,31-32H,5,13-19H2,1-4H3/t20-,21?,22?,23?,24-/m1/s1. The van der Waals surface area contributed by atoms with E-state index in [9.17, 15) is 9.90 Å². The Morgan fingerprint density at radius 1 is 1.23 bits per heavy atom. The van der Waals surface area contributed by atoms with Gasteiger partial charge < -0.3 is 19.9 Å². The first-order chi connectivity index (χ1) is 16.7. The number of aliphatic hydroxyl groups excluding tert-OH is 1. The van der Waals surface area contributed by atoms with Crippen LogP contribution in [0.4, 0.5) is 0 Å². The Hall–Kier alpha value is -1.66. The molecule has 2 unspecified atom stereocenters. The van der Waals surface area contributed by atoms with E-state index in [2.05, 4.69) is 43.5 Å². The first-order valence-electron chi connectivity index (χ1n) is 13.0. The van der Waals surface area contributed by atoms with Crippen LogP contribution in [0, 0.1) is 17.8 Å². The van der Waals surface area contributed by atoms with E-state index < -0.39 is 6.10 Å². The van der Waals surface area contributed by atoms with Gasteiger partial charge in [0.2, 0.25) is 0 Å². The Bertz CT molecular complexity index is 877. The van der Waals surface area contributed by atoms with Crippen LogP contribution in [-0.2, 0) is 20.7 Å². The van der Waals surface area contributed by atoms with Crippen LogP contribution in [0.1, 0.15) is 70.6 Å². The number of β-amino-alcohol motifs (C(OH)–C–C–N with tert-alkyl or cyclic N) is 1. The molecule has 194 valence electrons. The van der Waals surface area contributed by atoms with Gasteiger partial charge in [0, 0.05) is 23.5 Å². The summed E-state index contributed by atoms with van der Waals surface area (Å²) in [7, 11) is 0. The van der Waals surface area contributed by atoms with Crippen molar-refractivity contribution in [3.8, 4) is 0 Å². The summed E-state index contributed by atoms with van der Waals surface area (Å²) in [6.45, 7) is 9.25. The summed E-state index contributed by atoms with van der Waals surface area (Å²) < 4.78 is 11.1. The zero-order valence-electron chi connectivity index (χ0n) is 21.6. The molecule has 5 nitrogen and oxygen atoms in total. The van der Waals surface area contributed by atoms with Crippen molar-refractivity contribution in [2.75, 3.05) is 19.8 Å². The molecule has 1 aromatic rings. The summed E-state index contributed by atoms with van der Waals surface area (Å²) in [5.41, 5.74) is 1.78. The van der Waals surface area contributed by atoms with Gasteiger partial charge in [0.25, 0.3) is 0 Å². The zero-order chi connectivity index (χ0) is 25.4. The lowest BCUT2D eigenvalue weighted by Gasteiger charge is -2.31. The van der Waals surface area contributed by atoms with E-state index >= 15 is 0 Å². The number of halogens is 1. The summed E-state index contributed by atoms with van der Waals surface area (Å²) in [4.78, 5) is 11.8. The van der Waals surface area contributed by atoms with Gasteiger partial charge in [-0.2, -0.15) is 0 Å². The summed E-state index contributed by atoms with van der Waals surface area (Å²) >= 11 is 6.43. The van der Waals surface area contributed by atoms with Crippen LogP contribution >= 0.6 is 11.6 Å². The van der Waals surface area contributed by atoms with E-state index in [1.165, 1.54) is 12.8 Å². The first kappa shape index (κ1) is 27.9. The SMILES string of the molecule is CCOC(=O)CCc1c(Cl)cccc1[C@@H](C)OC[C@H](O)CNC(C)(C)CC1CC2C=CC=CC2C1. The quantitative estimate of drug-likeness (QED) is 0.333. The number of rotatable bonds is 13. The maximum Gasteiger partial charge on any atom is 0.306 e.